The van der Waals surface area contributed by atoms with Crippen LogP contribution in [0.5, 0.6) is 0 Å². The maximum atomic E-state index is 12.9. The number of rotatable bonds is 7. The maximum absolute atomic E-state index is 12.9. The van der Waals surface area contributed by atoms with Gasteiger partial charge in [-0.25, -0.2) is 0 Å². The number of Topliss-reactive ketones (excluding diaryl/α,β-unsaturated/α-hetero) is 1. The van der Waals surface area contributed by atoms with Gasteiger partial charge in [-0.1, -0.05) is 43.2 Å². The van der Waals surface area contributed by atoms with Crippen molar-refractivity contribution in [2.24, 2.45) is 11.8 Å². The summed E-state index contributed by atoms with van der Waals surface area (Å²) >= 11 is 1.52. The molecule has 7 heteroatoms. The monoisotopic (exact) mass is 385 g/mol. The molecule has 5 nitrogen and oxygen atoms in total. The van der Waals surface area contributed by atoms with E-state index in [0.717, 1.165) is 18.4 Å². The van der Waals surface area contributed by atoms with E-state index in [-0.39, 0.29) is 17.6 Å². The maximum Gasteiger partial charge on any atom is 0.475 e. The molecule has 1 aromatic carbocycles. The molecule has 3 rings (SSSR count). The molecule has 1 aromatic heterocycles. The van der Waals surface area contributed by atoms with Crippen LogP contribution in [0.1, 0.15) is 41.6 Å². The first-order valence-corrected chi connectivity index (χ1v) is 10.3. The molecule has 0 bridgehead atoms. The first-order valence-electron chi connectivity index (χ1n) is 9.33. The van der Waals surface area contributed by atoms with Crippen molar-refractivity contribution in [3.8, 4) is 0 Å². The highest BCUT2D eigenvalue weighted by Gasteiger charge is 2.38. The topological polar surface area (TPSA) is 86.6 Å². The van der Waals surface area contributed by atoms with Gasteiger partial charge in [0.1, 0.15) is 0 Å². The lowest BCUT2D eigenvalue weighted by Gasteiger charge is -2.31. The summed E-state index contributed by atoms with van der Waals surface area (Å²) in [4.78, 5) is 25.8. The third kappa shape index (κ3) is 5.06. The zero-order chi connectivity index (χ0) is 19.2. The zero-order valence-electron chi connectivity index (χ0n) is 15.1. The van der Waals surface area contributed by atoms with Crippen molar-refractivity contribution in [2.45, 2.75) is 38.0 Å². The van der Waals surface area contributed by atoms with Gasteiger partial charge < -0.3 is 15.4 Å². The van der Waals surface area contributed by atoms with Gasteiger partial charge in [0.25, 0.3) is 0 Å². The van der Waals surface area contributed by atoms with Gasteiger partial charge >= 0.3 is 7.12 Å². The van der Waals surface area contributed by atoms with Crippen LogP contribution >= 0.6 is 11.3 Å². The first-order chi connectivity index (χ1) is 13.1. The second-order valence-electron chi connectivity index (χ2n) is 7.09. The lowest BCUT2D eigenvalue weighted by Crippen LogP contribution is -2.51. The predicted octanol–water partition coefficient (Wildman–Crippen LogP) is 2.48. The minimum atomic E-state index is -1.65. The number of ketones is 1. The summed E-state index contributed by atoms with van der Waals surface area (Å²) in [5, 5.41) is 26.0. The van der Waals surface area contributed by atoms with E-state index in [1.165, 1.54) is 11.3 Å². The fraction of sp³-hybridized carbons (Fsp3) is 0.400. The number of hydrogen-bond acceptors (Lipinski definition) is 5. The Labute approximate surface area is 163 Å². The molecular weight excluding hydrogens is 361 g/mol. The number of carbonyl (C=O) groups is 2. The molecule has 1 fully saturated rings. The number of carbonyl (C=O) groups excluding carboxylic acids is 2. The van der Waals surface area contributed by atoms with E-state index in [1.807, 2.05) is 35.0 Å². The number of benzene rings is 1. The normalized spacial score (nSPS) is 20.7. The van der Waals surface area contributed by atoms with E-state index >= 15 is 0 Å². The fourth-order valence-corrected chi connectivity index (χ4v) is 4.44. The molecule has 1 aliphatic rings. The molecular formula is C20H24BNO4S. The predicted molar refractivity (Wildman–Crippen MR) is 106 cm³/mol. The average Bonchev–Trinajstić information content (AvgIpc) is 3.20. The molecule has 1 saturated carbocycles. The van der Waals surface area contributed by atoms with Crippen molar-refractivity contribution >= 4 is 30.1 Å². The Balaban J connectivity index is 1.71. The van der Waals surface area contributed by atoms with Crippen LogP contribution in [0, 0.1) is 11.8 Å². The van der Waals surface area contributed by atoms with Crippen LogP contribution in [0.2, 0.25) is 0 Å². The van der Waals surface area contributed by atoms with Gasteiger partial charge in [0.2, 0.25) is 5.91 Å². The average molecular weight is 385 g/mol. The van der Waals surface area contributed by atoms with Crippen LogP contribution in [0.3, 0.4) is 0 Å². The van der Waals surface area contributed by atoms with E-state index in [2.05, 4.69) is 5.32 Å². The lowest BCUT2D eigenvalue weighted by atomic mass is 9.73. The Kier molecular flexibility index (Phi) is 6.82. The molecule has 0 saturated heterocycles. The van der Waals surface area contributed by atoms with Crippen LogP contribution in [0.15, 0.2) is 47.2 Å². The summed E-state index contributed by atoms with van der Waals surface area (Å²) in [7, 11) is -1.65. The highest BCUT2D eigenvalue weighted by atomic mass is 32.1. The van der Waals surface area contributed by atoms with Crippen molar-refractivity contribution in [2.75, 3.05) is 0 Å². The summed E-state index contributed by atoms with van der Waals surface area (Å²) in [6.45, 7) is 0. The molecule has 142 valence electrons. The van der Waals surface area contributed by atoms with Gasteiger partial charge in [-0.05, 0) is 41.7 Å². The van der Waals surface area contributed by atoms with E-state index in [1.54, 1.807) is 12.1 Å². The summed E-state index contributed by atoms with van der Waals surface area (Å²) in [5.41, 5.74) is 1.57. The third-order valence-corrected chi connectivity index (χ3v) is 5.95. The van der Waals surface area contributed by atoms with Crippen molar-refractivity contribution < 1.29 is 19.6 Å². The fourth-order valence-electron chi connectivity index (χ4n) is 3.76. The number of thiophene rings is 1. The molecule has 1 amide bonds. The Bertz CT molecular complexity index is 751. The molecule has 0 unspecified atom stereocenters. The van der Waals surface area contributed by atoms with Crippen LogP contribution in [-0.4, -0.2) is 34.8 Å². The van der Waals surface area contributed by atoms with Crippen molar-refractivity contribution in [1.29, 1.82) is 0 Å². The van der Waals surface area contributed by atoms with Crippen LogP contribution in [0.25, 0.3) is 0 Å². The Morgan fingerprint density at radius 1 is 1.11 bits per heavy atom. The molecule has 0 radical (unpaired) electrons. The van der Waals surface area contributed by atoms with Crippen molar-refractivity contribution in [1.82, 2.24) is 5.32 Å². The summed E-state index contributed by atoms with van der Waals surface area (Å²) in [6.07, 6.45) is 3.49. The summed E-state index contributed by atoms with van der Waals surface area (Å²) in [5.74, 6) is -1.86. The Hall–Kier alpha value is -1.96. The quantitative estimate of drug-likeness (QED) is 0.505. The molecule has 3 N–H and O–H groups in total. The van der Waals surface area contributed by atoms with Crippen LogP contribution in [0.4, 0.5) is 0 Å². The summed E-state index contributed by atoms with van der Waals surface area (Å²) < 4.78 is 0. The van der Waals surface area contributed by atoms with E-state index in [9.17, 15) is 19.6 Å². The van der Waals surface area contributed by atoms with Gasteiger partial charge in [-0.3, -0.25) is 9.59 Å². The minimum Gasteiger partial charge on any atom is -0.426 e. The lowest BCUT2D eigenvalue weighted by molar-refractivity contribution is -0.127. The van der Waals surface area contributed by atoms with Gasteiger partial charge in [0.15, 0.2) is 5.78 Å². The van der Waals surface area contributed by atoms with E-state index < -0.39 is 19.0 Å². The molecule has 0 aliphatic heterocycles. The first kappa shape index (κ1) is 19.8. The second-order valence-corrected chi connectivity index (χ2v) is 7.87. The van der Waals surface area contributed by atoms with E-state index in [0.29, 0.717) is 24.8 Å². The Morgan fingerprint density at radius 3 is 2.44 bits per heavy atom. The molecule has 1 heterocycles. The van der Waals surface area contributed by atoms with Crippen molar-refractivity contribution in [3.63, 3.8) is 0 Å². The second kappa shape index (κ2) is 9.31. The smallest absolute Gasteiger partial charge is 0.426 e. The standard InChI is InChI=1S/C20H24BNO4S/c23-19(15-6-2-1-3-7-15)16-8-4-5-9-17(16)20(24)22-18(21(25)26)12-14-10-11-27-13-14/h1-3,6-7,10-11,13,16-18,25-26H,4-5,8-9,12H2,(H,22,24)/t16-,17-,18+/m1/s1. The highest BCUT2D eigenvalue weighted by molar-refractivity contribution is 7.07. The van der Waals surface area contributed by atoms with Gasteiger partial charge in [0.05, 0.1) is 5.94 Å². The minimum absolute atomic E-state index is 0.00520. The summed E-state index contributed by atoms with van der Waals surface area (Å²) in [6, 6.07) is 11.0. The van der Waals surface area contributed by atoms with Gasteiger partial charge in [0, 0.05) is 17.4 Å². The van der Waals surface area contributed by atoms with Crippen LogP contribution < -0.4 is 5.32 Å². The molecule has 27 heavy (non-hydrogen) atoms. The highest BCUT2D eigenvalue weighted by Crippen LogP contribution is 2.33. The van der Waals surface area contributed by atoms with Crippen LogP contribution in [-0.2, 0) is 11.2 Å². The number of hydrogen-bond donors (Lipinski definition) is 3. The zero-order valence-corrected chi connectivity index (χ0v) is 15.9. The number of amides is 1. The van der Waals surface area contributed by atoms with Gasteiger partial charge in [-0.15, -0.1) is 0 Å². The van der Waals surface area contributed by atoms with Crippen molar-refractivity contribution in [3.05, 3.63) is 58.3 Å². The van der Waals surface area contributed by atoms with Gasteiger partial charge in [-0.2, -0.15) is 11.3 Å². The third-order valence-electron chi connectivity index (χ3n) is 5.22. The Morgan fingerprint density at radius 2 is 1.81 bits per heavy atom. The number of nitrogens with one attached hydrogen (secondary N) is 1. The molecule has 0 spiro atoms. The van der Waals surface area contributed by atoms with E-state index in [4.69, 9.17) is 0 Å². The largest absolute Gasteiger partial charge is 0.475 e. The molecule has 2 aromatic rings. The SMILES string of the molecule is O=C(N[C@@H](Cc1ccsc1)B(O)O)[C@@H]1CCCC[C@H]1C(=O)c1ccccc1. The molecule has 3 atom stereocenters. The molecule has 1 aliphatic carbocycles.